The molecular weight excluding hydrogens is 226 g/mol. The van der Waals surface area contributed by atoms with Gasteiger partial charge in [-0.2, -0.15) is 0 Å². The number of aryl methyl sites for hydroxylation is 1. The Morgan fingerprint density at radius 1 is 1.62 bits per heavy atom. The smallest absolute Gasteiger partial charge is 0.338 e. The van der Waals surface area contributed by atoms with Gasteiger partial charge in [-0.15, -0.1) is 11.8 Å². The molecule has 88 valence electrons. The lowest BCUT2D eigenvalue weighted by molar-refractivity contribution is 0.0692. The summed E-state index contributed by atoms with van der Waals surface area (Å²) in [5.74, 6) is -0.0841. The van der Waals surface area contributed by atoms with Crippen molar-refractivity contribution in [3.63, 3.8) is 0 Å². The second-order valence-electron chi connectivity index (χ2n) is 3.32. The van der Waals surface area contributed by atoms with Gasteiger partial charge in [-0.25, -0.2) is 4.79 Å². The molecule has 0 radical (unpaired) electrons. The average Bonchev–Trinajstić information content (AvgIpc) is 2.24. The summed E-state index contributed by atoms with van der Waals surface area (Å²) in [6.45, 7) is 2.55. The lowest BCUT2D eigenvalue weighted by Crippen LogP contribution is -2.01. The molecule has 0 amide bonds. The summed E-state index contributed by atoms with van der Waals surface area (Å²) in [5, 5.41) is 8.98. The highest BCUT2D eigenvalue weighted by Crippen LogP contribution is 2.23. The third-order valence-electron chi connectivity index (χ3n) is 1.98. The van der Waals surface area contributed by atoms with Crippen molar-refractivity contribution >= 4 is 17.7 Å². The largest absolute Gasteiger partial charge is 0.478 e. The van der Waals surface area contributed by atoms with Crippen LogP contribution in [0.2, 0.25) is 0 Å². The molecule has 1 aromatic heterocycles. The van der Waals surface area contributed by atoms with E-state index in [4.69, 9.17) is 9.84 Å². The minimum Gasteiger partial charge on any atom is -0.478 e. The van der Waals surface area contributed by atoms with E-state index in [2.05, 4.69) is 4.98 Å². The highest BCUT2D eigenvalue weighted by Gasteiger charge is 2.10. The maximum Gasteiger partial charge on any atom is 0.338 e. The van der Waals surface area contributed by atoms with Gasteiger partial charge in [0.25, 0.3) is 0 Å². The first kappa shape index (κ1) is 13.0. The number of carboxylic acid groups (broad SMARTS) is 1. The van der Waals surface area contributed by atoms with Gasteiger partial charge < -0.3 is 9.84 Å². The van der Waals surface area contributed by atoms with E-state index in [0.717, 1.165) is 22.8 Å². The summed E-state index contributed by atoms with van der Waals surface area (Å²) in [7, 11) is 1.66. The van der Waals surface area contributed by atoms with Gasteiger partial charge in [0.2, 0.25) is 0 Å². The Morgan fingerprint density at radius 2 is 2.38 bits per heavy atom. The van der Waals surface area contributed by atoms with Gasteiger partial charge >= 0.3 is 5.97 Å². The zero-order valence-electron chi connectivity index (χ0n) is 9.40. The van der Waals surface area contributed by atoms with E-state index in [-0.39, 0.29) is 5.56 Å². The first-order valence-corrected chi connectivity index (χ1v) is 5.95. The Balaban J connectivity index is 2.68. The number of thioether (sulfide) groups is 1. The van der Waals surface area contributed by atoms with E-state index in [0.29, 0.717) is 6.61 Å². The molecule has 1 heterocycles. The fourth-order valence-electron chi connectivity index (χ4n) is 1.20. The number of nitrogens with zero attached hydrogens (tertiary/aromatic N) is 1. The molecule has 0 aliphatic carbocycles. The van der Waals surface area contributed by atoms with Crippen LogP contribution in [0, 0.1) is 6.92 Å². The molecule has 0 saturated carbocycles. The normalized spacial score (nSPS) is 10.4. The standard InChI is InChI=1S/C11H15NO3S/c1-8-6-10(16-5-3-4-15-2)9(7-12-8)11(13)14/h6-7H,3-5H2,1-2H3,(H,13,14). The van der Waals surface area contributed by atoms with E-state index >= 15 is 0 Å². The van der Waals surface area contributed by atoms with Crippen LogP contribution in [0.5, 0.6) is 0 Å². The summed E-state index contributed by atoms with van der Waals surface area (Å²) in [5.41, 5.74) is 1.10. The number of aromatic nitrogens is 1. The van der Waals surface area contributed by atoms with Crippen LogP contribution in [0.1, 0.15) is 22.5 Å². The SMILES string of the molecule is COCCCSc1cc(C)ncc1C(=O)O. The van der Waals surface area contributed by atoms with E-state index in [1.54, 1.807) is 13.2 Å². The molecule has 0 saturated heterocycles. The maximum absolute atomic E-state index is 10.9. The van der Waals surface area contributed by atoms with Gasteiger partial charge in [0.15, 0.2) is 0 Å². The predicted octanol–water partition coefficient (Wildman–Crippen LogP) is 2.22. The zero-order valence-corrected chi connectivity index (χ0v) is 10.2. The van der Waals surface area contributed by atoms with Crippen molar-refractivity contribution in [2.24, 2.45) is 0 Å². The van der Waals surface area contributed by atoms with Crippen LogP contribution in [-0.4, -0.2) is 35.5 Å². The molecule has 0 spiro atoms. The van der Waals surface area contributed by atoms with Gasteiger partial charge in [0.1, 0.15) is 0 Å². The summed E-state index contributed by atoms with van der Waals surface area (Å²) < 4.78 is 4.94. The molecule has 5 heteroatoms. The molecule has 1 aromatic rings. The first-order valence-electron chi connectivity index (χ1n) is 4.97. The van der Waals surface area contributed by atoms with E-state index in [9.17, 15) is 4.79 Å². The fraction of sp³-hybridized carbons (Fsp3) is 0.455. The van der Waals surface area contributed by atoms with Crippen molar-refractivity contribution < 1.29 is 14.6 Å². The van der Waals surface area contributed by atoms with Gasteiger partial charge in [-0.3, -0.25) is 4.98 Å². The Bertz CT molecular complexity index is 368. The van der Waals surface area contributed by atoms with Crippen molar-refractivity contribution in [3.8, 4) is 0 Å². The third kappa shape index (κ3) is 3.83. The molecule has 0 bridgehead atoms. The molecule has 4 nitrogen and oxygen atoms in total. The van der Waals surface area contributed by atoms with Crippen molar-refractivity contribution in [1.82, 2.24) is 4.98 Å². The number of hydrogen-bond acceptors (Lipinski definition) is 4. The highest BCUT2D eigenvalue weighted by molar-refractivity contribution is 7.99. The second kappa shape index (κ2) is 6.50. The van der Waals surface area contributed by atoms with Crippen LogP contribution < -0.4 is 0 Å². The minimum absolute atomic E-state index is 0.271. The van der Waals surface area contributed by atoms with Crippen molar-refractivity contribution in [1.29, 1.82) is 0 Å². The highest BCUT2D eigenvalue weighted by atomic mass is 32.2. The van der Waals surface area contributed by atoms with Crippen LogP contribution >= 0.6 is 11.8 Å². The topological polar surface area (TPSA) is 59.4 Å². The Labute approximate surface area is 99.0 Å². The summed E-state index contributed by atoms with van der Waals surface area (Å²) in [6, 6.07) is 1.81. The van der Waals surface area contributed by atoms with Crippen LogP contribution in [0.4, 0.5) is 0 Å². The van der Waals surface area contributed by atoms with Crippen molar-refractivity contribution in [2.75, 3.05) is 19.5 Å². The van der Waals surface area contributed by atoms with Gasteiger partial charge in [-0.05, 0) is 19.4 Å². The summed E-state index contributed by atoms with van der Waals surface area (Å²) in [6.07, 6.45) is 2.32. The quantitative estimate of drug-likeness (QED) is 0.611. The minimum atomic E-state index is -0.929. The third-order valence-corrected chi connectivity index (χ3v) is 3.13. The number of carboxylic acids is 1. The molecule has 16 heavy (non-hydrogen) atoms. The van der Waals surface area contributed by atoms with Crippen LogP contribution in [-0.2, 0) is 4.74 Å². The number of aromatic carboxylic acids is 1. The van der Waals surface area contributed by atoms with Crippen molar-refractivity contribution in [3.05, 3.63) is 23.5 Å². The number of methoxy groups -OCH3 is 1. The molecular formula is C11H15NO3S. The molecule has 0 atom stereocenters. The van der Waals surface area contributed by atoms with Gasteiger partial charge in [0, 0.05) is 36.3 Å². The Kier molecular flexibility index (Phi) is 5.28. The second-order valence-corrected chi connectivity index (χ2v) is 4.46. The van der Waals surface area contributed by atoms with Crippen LogP contribution in [0.15, 0.2) is 17.2 Å². The fourth-order valence-corrected chi connectivity index (χ4v) is 2.23. The Hall–Kier alpha value is -1.07. The average molecular weight is 241 g/mol. The number of carbonyl (C=O) groups is 1. The summed E-state index contributed by atoms with van der Waals surface area (Å²) in [4.78, 5) is 15.7. The molecule has 0 aliphatic rings. The van der Waals surface area contributed by atoms with Gasteiger partial charge in [-0.1, -0.05) is 0 Å². The van der Waals surface area contributed by atoms with Crippen LogP contribution in [0.25, 0.3) is 0 Å². The maximum atomic E-state index is 10.9. The Morgan fingerprint density at radius 3 is 3.00 bits per heavy atom. The molecule has 1 rings (SSSR count). The lowest BCUT2D eigenvalue weighted by atomic mass is 10.2. The van der Waals surface area contributed by atoms with Crippen LogP contribution in [0.3, 0.4) is 0 Å². The summed E-state index contributed by atoms with van der Waals surface area (Å²) >= 11 is 1.53. The number of rotatable bonds is 6. The zero-order chi connectivity index (χ0) is 12.0. The lowest BCUT2D eigenvalue weighted by Gasteiger charge is -2.06. The molecule has 0 aliphatic heterocycles. The van der Waals surface area contributed by atoms with E-state index in [1.165, 1.54) is 18.0 Å². The first-order chi connectivity index (χ1) is 7.65. The molecule has 0 aromatic carbocycles. The molecule has 0 unspecified atom stereocenters. The van der Waals surface area contributed by atoms with E-state index < -0.39 is 5.97 Å². The number of hydrogen-bond donors (Lipinski definition) is 1. The molecule has 0 fully saturated rings. The predicted molar refractivity (Wildman–Crippen MR) is 63.2 cm³/mol. The van der Waals surface area contributed by atoms with E-state index in [1.807, 2.05) is 6.92 Å². The monoisotopic (exact) mass is 241 g/mol. The number of pyridine rings is 1. The van der Waals surface area contributed by atoms with Gasteiger partial charge in [0.05, 0.1) is 5.56 Å². The van der Waals surface area contributed by atoms with Crippen molar-refractivity contribution in [2.45, 2.75) is 18.2 Å². The number of ether oxygens (including phenoxy) is 1. The molecule has 1 N–H and O–H groups in total.